The van der Waals surface area contributed by atoms with Crippen molar-refractivity contribution in [3.63, 3.8) is 0 Å². The first-order chi connectivity index (χ1) is 9.05. The van der Waals surface area contributed by atoms with Crippen LogP contribution >= 0.6 is 11.6 Å². The highest BCUT2D eigenvalue weighted by Crippen LogP contribution is 2.52. The zero-order valence-corrected chi connectivity index (χ0v) is 12.8. The van der Waals surface area contributed by atoms with Gasteiger partial charge in [0, 0.05) is 5.88 Å². The summed E-state index contributed by atoms with van der Waals surface area (Å²) in [7, 11) is 0. The molecule has 0 heterocycles. The van der Waals surface area contributed by atoms with Crippen molar-refractivity contribution in [3.05, 3.63) is 47.0 Å². The Kier molecular flexibility index (Phi) is 4.70. The molecule has 0 bridgehead atoms. The van der Waals surface area contributed by atoms with E-state index in [0.717, 1.165) is 13.0 Å². The van der Waals surface area contributed by atoms with Crippen molar-refractivity contribution in [2.75, 3.05) is 12.5 Å². The van der Waals surface area contributed by atoms with Crippen molar-refractivity contribution in [1.29, 1.82) is 0 Å². The molecule has 19 heavy (non-hydrogen) atoms. The minimum atomic E-state index is 0.246. The smallest absolute Gasteiger partial charge is 0.0717 e. The first kappa shape index (κ1) is 14.6. The largest absolute Gasteiger partial charge is 0.376 e. The molecule has 1 atom stereocenters. The highest BCUT2D eigenvalue weighted by atomic mass is 35.5. The van der Waals surface area contributed by atoms with Gasteiger partial charge in [-0.3, -0.25) is 0 Å². The molecule has 0 N–H and O–H groups in total. The second kappa shape index (κ2) is 6.11. The van der Waals surface area contributed by atoms with Crippen LogP contribution in [0.4, 0.5) is 0 Å². The summed E-state index contributed by atoms with van der Waals surface area (Å²) in [6, 6.07) is 10.3. The maximum atomic E-state index is 5.93. The number of halogens is 1. The Morgan fingerprint density at radius 3 is 2.58 bits per heavy atom. The van der Waals surface area contributed by atoms with Crippen LogP contribution in [0.3, 0.4) is 0 Å². The van der Waals surface area contributed by atoms with E-state index in [-0.39, 0.29) is 5.41 Å². The molecular formula is C17H23ClO. The topological polar surface area (TPSA) is 9.23 Å². The average molecular weight is 279 g/mol. The zero-order chi connectivity index (χ0) is 13.9. The molecule has 1 aromatic carbocycles. The second-order valence-corrected chi connectivity index (χ2v) is 6.28. The second-order valence-electron chi connectivity index (χ2n) is 6.02. The van der Waals surface area contributed by atoms with E-state index in [1.54, 1.807) is 0 Å². The molecule has 1 aromatic rings. The van der Waals surface area contributed by atoms with Crippen molar-refractivity contribution in [2.45, 2.75) is 33.8 Å². The van der Waals surface area contributed by atoms with Gasteiger partial charge in [-0.1, -0.05) is 55.3 Å². The minimum absolute atomic E-state index is 0.246. The molecule has 1 aliphatic rings. The van der Waals surface area contributed by atoms with Gasteiger partial charge in [0.15, 0.2) is 0 Å². The van der Waals surface area contributed by atoms with Gasteiger partial charge >= 0.3 is 0 Å². The van der Waals surface area contributed by atoms with Crippen LogP contribution in [0.25, 0.3) is 0 Å². The van der Waals surface area contributed by atoms with Gasteiger partial charge < -0.3 is 4.74 Å². The van der Waals surface area contributed by atoms with Crippen LogP contribution in [0.5, 0.6) is 0 Å². The molecule has 0 saturated heterocycles. The third-order valence-corrected chi connectivity index (χ3v) is 4.80. The van der Waals surface area contributed by atoms with Crippen LogP contribution in [-0.2, 0) is 11.3 Å². The van der Waals surface area contributed by atoms with Crippen molar-refractivity contribution in [3.8, 4) is 0 Å². The maximum absolute atomic E-state index is 5.93. The predicted molar refractivity (Wildman–Crippen MR) is 81.4 cm³/mol. The molecule has 1 unspecified atom stereocenters. The Labute approximate surface area is 121 Å². The van der Waals surface area contributed by atoms with Gasteiger partial charge in [0.05, 0.1) is 13.2 Å². The molecule has 0 amide bonds. The van der Waals surface area contributed by atoms with Crippen LogP contribution in [0.2, 0.25) is 0 Å². The van der Waals surface area contributed by atoms with E-state index in [2.05, 4.69) is 45.0 Å². The summed E-state index contributed by atoms with van der Waals surface area (Å²) in [5, 5.41) is 0. The van der Waals surface area contributed by atoms with Crippen molar-refractivity contribution in [2.24, 2.45) is 11.3 Å². The van der Waals surface area contributed by atoms with E-state index >= 15 is 0 Å². The minimum Gasteiger partial charge on any atom is -0.376 e. The van der Waals surface area contributed by atoms with Crippen molar-refractivity contribution in [1.82, 2.24) is 0 Å². The molecular weight excluding hydrogens is 256 g/mol. The molecule has 0 aromatic heterocycles. The average Bonchev–Trinajstić information content (AvgIpc) is 2.42. The van der Waals surface area contributed by atoms with Crippen LogP contribution in [0.1, 0.15) is 32.8 Å². The number of hydrogen-bond donors (Lipinski definition) is 0. The number of hydrogen-bond acceptors (Lipinski definition) is 1. The molecule has 2 rings (SSSR count). The van der Waals surface area contributed by atoms with Gasteiger partial charge in [-0.2, -0.15) is 0 Å². The molecule has 0 spiro atoms. The Hall–Kier alpha value is -0.790. The molecule has 1 nitrogen and oxygen atoms in total. The maximum Gasteiger partial charge on any atom is 0.0717 e. The summed E-state index contributed by atoms with van der Waals surface area (Å²) in [4.78, 5) is 0. The summed E-state index contributed by atoms with van der Waals surface area (Å²) in [5.74, 6) is 1.26. The molecule has 0 aliphatic heterocycles. The summed E-state index contributed by atoms with van der Waals surface area (Å²) in [5.41, 5.74) is 4.35. The lowest BCUT2D eigenvalue weighted by Gasteiger charge is -2.48. The lowest BCUT2D eigenvalue weighted by atomic mass is 9.58. The van der Waals surface area contributed by atoms with Crippen LogP contribution in [0, 0.1) is 11.3 Å². The van der Waals surface area contributed by atoms with E-state index in [1.807, 2.05) is 6.07 Å². The van der Waals surface area contributed by atoms with Crippen LogP contribution in [-0.4, -0.2) is 12.5 Å². The Morgan fingerprint density at radius 1 is 1.32 bits per heavy atom. The molecule has 2 heteroatoms. The van der Waals surface area contributed by atoms with E-state index in [0.29, 0.717) is 18.4 Å². The highest BCUT2D eigenvalue weighted by Gasteiger charge is 2.44. The SMILES string of the molecule is CC(CCl)=C1CC(COCc2ccccc2)C1(C)C. The lowest BCUT2D eigenvalue weighted by Crippen LogP contribution is -2.41. The molecule has 1 aliphatic carbocycles. The Balaban J connectivity index is 1.83. The highest BCUT2D eigenvalue weighted by molar-refractivity contribution is 6.19. The first-order valence-electron chi connectivity index (χ1n) is 6.92. The lowest BCUT2D eigenvalue weighted by molar-refractivity contribution is 0.0189. The third kappa shape index (κ3) is 3.21. The fourth-order valence-electron chi connectivity index (χ4n) is 2.85. The van der Waals surface area contributed by atoms with Crippen LogP contribution in [0.15, 0.2) is 41.5 Å². The number of benzene rings is 1. The molecule has 104 valence electrons. The number of ether oxygens (including phenoxy) is 1. The van der Waals surface area contributed by atoms with E-state index in [9.17, 15) is 0 Å². The van der Waals surface area contributed by atoms with E-state index in [1.165, 1.54) is 16.7 Å². The Morgan fingerprint density at radius 2 is 2.00 bits per heavy atom. The molecule has 1 saturated carbocycles. The monoisotopic (exact) mass is 278 g/mol. The van der Waals surface area contributed by atoms with E-state index in [4.69, 9.17) is 16.3 Å². The number of allylic oxidation sites excluding steroid dienone is 2. The first-order valence-corrected chi connectivity index (χ1v) is 7.46. The summed E-state index contributed by atoms with van der Waals surface area (Å²) in [6.45, 7) is 8.30. The molecule has 0 radical (unpaired) electrons. The Bertz CT molecular complexity index is 448. The number of rotatable bonds is 5. The molecule has 1 fully saturated rings. The zero-order valence-electron chi connectivity index (χ0n) is 12.1. The standard InChI is InChI=1S/C17H23ClO/c1-13(10-18)16-9-15(17(16,2)3)12-19-11-14-7-5-4-6-8-14/h4-8,15H,9-12H2,1-3H3. The summed E-state index contributed by atoms with van der Waals surface area (Å²) >= 11 is 5.93. The van der Waals surface area contributed by atoms with Crippen LogP contribution < -0.4 is 0 Å². The van der Waals surface area contributed by atoms with Gasteiger partial charge in [0.25, 0.3) is 0 Å². The normalized spacial score (nSPS) is 23.9. The third-order valence-electron chi connectivity index (χ3n) is 4.40. The van der Waals surface area contributed by atoms with Gasteiger partial charge in [0.1, 0.15) is 0 Å². The van der Waals surface area contributed by atoms with Gasteiger partial charge in [-0.25, -0.2) is 0 Å². The summed E-state index contributed by atoms with van der Waals surface area (Å²) in [6.07, 6.45) is 1.14. The fourth-order valence-corrected chi connectivity index (χ4v) is 3.01. The number of alkyl halides is 1. The van der Waals surface area contributed by atoms with Crippen molar-refractivity contribution < 1.29 is 4.74 Å². The van der Waals surface area contributed by atoms with E-state index < -0.39 is 0 Å². The quantitative estimate of drug-likeness (QED) is 0.555. The summed E-state index contributed by atoms with van der Waals surface area (Å²) < 4.78 is 5.87. The van der Waals surface area contributed by atoms with Crippen molar-refractivity contribution >= 4 is 11.6 Å². The fraction of sp³-hybridized carbons (Fsp3) is 0.529. The van der Waals surface area contributed by atoms with Gasteiger partial charge in [0.2, 0.25) is 0 Å². The van der Waals surface area contributed by atoms with Gasteiger partial charge in [-0.05, 0) is 30.2 Å². The van der Waals surface area contributed by atoms with Gasteiger partial charge in [-0.15, -0.1) is 11.6 Å². The predicted octanol–water partition coefficient (Wildman–Crippen LogP) is 4.80.